The van der Waals surface area contributed by atoms with Gasteiger partial charge in [-0.3, -0.25) is 0 Å². The second-order valence-corrected chi connectivity index (χ2v) is 5.25. The number of nitrogens with one attached hydrogen (secondary N) is 1. The molecule has 0 saturated carbocycles. The van der Waals surface area contributed by atoms with Gasteiger partial charge >= 0.3 is 0 Å². The van der Waals surface area contributed by atoms with Crippen LogP contribution >= 0.6 is 0 Å². The van der Waals surface area contributed by atoms with Crippen molar-refractivity contribution in [2.24, 2.45) is 5.92 Å². The molecule has 0 heterocycles. The molecule has 16 heavy (non-hydrogen) atoms. The van der Waals surface area contributed by atoms with E-state index in [0.717, 1.165) is 25.9 Å². The molecule has 2 unspecified atom stereocenters. The zero-order chi connectivity index (χ0) is 12.6. The lowest BCUT2D eigenvalue weighted by molar-refractivity contribution is 0.0319. The zero-order valence-electron chi connectivity index (χ0n) is 11.5. The maximum Gasteiger partial charge on any atom is 0.0610 e. The molecule has 0 radical (unpaired) electrons. The summed E-state index contributed by atoms with van der Waals surface area (Å²) in [6.45, 7) is 9.53. The number of likely N-dealkylation sites (N-methyl/N-ethyl adjacent to an activating group) is 1. The Morgan fingerprint density at radius 3 is 2.31 bits per heavy atom. The molecule has 0 spiro atoms. The predicted octanol–water partition coefficient (Wildman–Crippen LogP) is 2.19. The minimum atomic E-state index is -0.135. The van der Waals surface area contributed by atoms with Crippen LogP contribution in [0.3, 0.4) is 0 Å². The van der Waals surface area contributed by atoms with Crippen LogP contribution in [0.5, 0.6) is 0 Å². The summed E-state index contributed by atoms with van der Waals surface area (Å²) in [6.07, 6.45) is 3.48. The molecule has 3 nitrogen and oxygen atoms in total. The molecular weight excluding hydrogens is 202 g/mol. The van der Waals surface area contributed by atoms with Gasteiger partial charge < -0.3 is 15.2 Å². The average molecular weight is 231 g/mol. The standard InChI is InChI=1S/C13H29NO2/c1-11(2)12(3)16-9-7-6-8-13(4,10-15)14-5/h11-12,14-15H,6-10H2,1-5H3. The lowest BCUT2D eigenvalue weighted by atomic mass is 9.96. The highest BCUT2D eigenvalue weighted by atomic mass is 16.5. The van der Waals surface area contributed by atoms with Crippen molar-refractivity contribution in [3.8, 4) is 0 Å². The Morgan fingerprint density at radius 1 is 1.25 bits per heavy atom. The van der Waals surface area contributed by atoms with Crippen LogP contribution in [0, 0.1) is 5.92 Å². The lowest BCUT2D eigenvalue weighted by Gasteiger charge is -2.26. The fourth-order valence-corrected chi connectivity index (χ4v) is 1.36. The SMILES string of the molecule is CNC(C)(CO)CCCCOC(C)C(C)C. The number of aliphatic hydroxyl groups is 1. The van der Waals surface area contributed by atoms with Crippen molar-refractivity contribution in [2.75, 3.05) is 20.3 Å². The number of aliphatic hydroxyl groups excluding tert-OH is 1. The van der Waals surface area contributed by atoms with Gasteiger partial charge in [0.2, 0.25) is 0 Å². The van der Waals surface area contributed by atoms with Crippen LogP contribution in [0.15, 0.2) is 0 Å². The van der Waals surface area contributed by atoms with E-state index in [9.17, 15) is 5.11 Å². The summed E-state index contributed by atoms with van der Waals surface area (Å²) in [4.78, 5) is 0. The normalized spacial score (nSPS) is 17.4. The molecule has 0 aromatic heterocycles. The van der Waals surface area contributed by atoms with Crippen molar-refractivity contribution in [2.45, 2.75) is 58.6 Å². The topological polar surface area (TPSA) is 41.5 Å². The summed E-state index contributed by atoms with van der Waals surface area (Å²) in [6, 6.07) is 0. The van der Waals surface area contributed by atoms with Gasteiger partial charge in [-0.15, -0.1) is 0 Å². The van der Waals surface area contributed by atoms with Gasteiger partial charge in [0, 0.05) is 12.1 Å². The van der Waals surface area contributed by atoms with Crippen LogP contribution in [-0.2, 0) is 4.74 Å². The monoisotopic (exact) mass is 231 g/mol. The first-order chi connectivity index (χ1) is 7.45. The first kappa shape index (κ1) is 15.9. The summed E-state index contributed by atoms with van der Waals surface area (Å²) >= 11 is 0. The third-order valence-electron chi connectivity index (χ3n) is 3.39. The second kappa shape index (κ2) is 8.04. The number of unbranched alkanes of at least 4 members (excludes halogenated alkanes) is 1. The molecule has 0 fully saturated rings. The molecule has 0 aliphatic carbocycles. The molecule has 0 aromatic rings. The molecule has 3 heteroatoms. The van der Waals surface area contributed by atoms with Gasteiger partial charge in [0.25, 0.3) is 0 Å². The minimum absolute atomic E-state index is 0.135. The third-order valence-corrected chi connectivity index (χ3v) is 3.39. The van der Waals surface area contributed by atoms with E-state index in [1.165, 1.54) is 0 Å². The molecule has 0 aliphatic heterocycles. The average Bonchev–Trinajstić information content (AvgIpc) is 2.27. The van der Waals surface area contributed by atoms with Gasteiger partial charge in [0.1, 0.15) is 0 Å². The van der Waals surface area contributed by atoms with E-state index in [1.807, 2.05) is 14.0 Å². The summed E-state index contributed by atoms with van der Waals surface area (Å²) < 4.78 is 5.70. The molecule has 0 aliphatic rings. The van der Waals surface area contributed by atoms with Gasteiger partial charge in [-0.2, -0.15) is 0 Å². The number of rotatable bonds is 9. The first-order valence-electron chi connectivity index (χ1n) is 6.36. The van der Waals surface area contributed by atoms with Crippen molar-refractivity contribution in [3.63, 3.8) is 0 Å². The van der Waals surface area contributed by atoms with E-state index in [1.54, 1.807) is 0 Å². The van der Waals surface area contributed by atoms with Gasteiger partial charge in [0.15, 0.2) is 0 Å². The van der Waals surface area contributed by atoms with Crippen LogP contribution in [0.25, 0.3) is 0 Å². The fraction of sp³-hybridized carbons (Fsp3) is 1.00. The van der Waals surface area contributed by atoms with Crippen molar-refractivity contribution in [1.29, 1.82) is 0 Å². The highest BCUT2D eigenvalue weighted by Crippen LogP contribution is 2.13. The molecule has 2 atom stereocenters. The molecule has 0 aromatic carbocycles. The first-order valence-corrected chi connectivity index (χ1v) is 6.36. The molecule has 2 N–H and O–H groups in total. The maximum atomic E-state index is 9.21. The van der Waals surface area contributed by atoms with Crippen LogP contribution in [-0.4, -0.2) is 37.0 Å². The highest BCUT2D eigenvalue weighted by molar-refractivity contribution is 4.79. The summed E-state index contributed by atoms with van der Waals surface area (Å²) in [5, 5.41) is 12.4. The maximum absolute atomic E-state index is 9.21. The second-order valence-electron chi connectivity index (χ2n) is 5.25. The van der Waals surface area contributed by atoms with Crippen LogP contribution in [0.2, 0.25) is 0 Å². The van der Waals surface area contributed by atoms with Crippen LogP contribution < -0.4 is 5.32 Å². The Hall–Kier alpha value is -0.120. The Bertz CT molecular complexity index is 167. The van der Waals surface area contributed by atoms with Crippen LogP contribution in [0.4, 0.5) is 0 Å². The Morgan fingerprint density at radius 2 is 1.88 bits per heavy atom. The lowest BCUT2D eigenvalue weighted by Crippen LogP contribution is -2.43. The van der Waals surface area contributed by atoms with Crippen molar-refractivity contribution < 1.29 is 9.84 Å². The fourth-order valence-electron chi connectivity index (χ4n) is 1.36. The van der Waals surface area contributed by atoms with E-state index in [2.05, 4.69) is 26.1 Å². The smallest absolute Gasteiger partial charge is 0.0610 e. The van der Waals surface area contributed by atoms with E-state index < -0.39 is 0 Å². The van der Waals surface area contributed by atoms with Crippen LogP contribution in [0.1, 0.15) is 47.0 Å². The largest absolute Gasteiger partial charge is 0.394 e. The quantitative estimate of drug-likeness (QED) is 0.598. The predicted molar refractivity (Wildman–Crippen MR) is 68.7 cm³/mol. The van der Waals surface area contributed by atoms with Gasteiger partial charge in [-0.25, -0.2) is 0 Å². The third kappa shape index (κ3) is 6.46. The summed E-state index contributed by atoms with van der Waals surface area (Å²) in [5.41, 5.74) is -0.135. The Kier molecular flexibility index (Phi) is 7.98. The van der Waals surface area contributed by atoms with E-state index in [4.69, 9.17) is 4.74 Å². The Labute approximate surface area is 101 Å². The van der Waals surface area contributed by atoms with E-state index in [0.29, 0.717) is 12.0 Å². The Balaban J connectivity index is 3.53. The van der Waals surface area contributed by atoms with Crippen molar-refractivity contribution >= 4 is 0 Å². The molecular formula is C13H29NO2. The highest BCUT2D eigenvalue weighted by Gasteiger charge is 2.19. The van der Waals surface area contributed by atoms with Gasteiger partial charge in [0.05, 0.1) is 12.7 Å². The van der Waals surface area contributed by atoms with Crippen molar-refractivity contribution in [3.05, 3.63) is 0 Å². The zero-order valence-corrected chi connectivity index (χ0v) is 11.5. The van der Waals surface area contributed by atoms with Gasteiger partial charge in [-0.1, -0.05) is 13.8 Å². The van der Waals surface area contributed by atoms with E-state index >= 15 is 0 Å². The molecule has 0 saturated heterocycles. The molecule has 0 rings (SSSR count). The summed E-state index contributed by atoms with van der Waals surface area (Å²) in [7, 11) is 1.90. The van der Waals surface area contributed by atoms with Crippen molar-refractivity contribution in [1.82, 2.24) is 5.32 Å². The molecule has 98 valence electrons. The molecule has 0 amide bonds. The number of hydrogen-bond donors (Lipinski definition) is 2. The van der Waals surface area contributed by atoms with E-state index in [-0.39, 0.29) is 12.1 Å². The number of ether oxygens (including phenoxy) is 1. The number of hydrogen-bond acceptors (Lipinski definition) is 3. The van der Waals surface area contributed by atoms with Gasteiger partial charge in [-0.05, 0) is 46.1 Å². The minimum Gasteiger partial charge on any atom is -0.394 e. The summed E-state index contributed by atoms with van der Waals surface area (Å²) in [5.74, 6) is 0.583. The molecule has 0 bridgehead atoms.